The normalized spacial score (nSPS) is 11.2. The lowest BCUT2D eigenvalue weighted by molar-refractivity contribution is 0.581. The van der Waals surface area contributed by atoms with Gasteiger partial charge in [-0.25, -0.2) is 4.98 Å². The lowest BCUT2D eigenvalue weighted by Crippen LogP contribution is -2.01. The fourth-order valence-electron chi connectivity index (χ4n) is 2.37. The zero-order chi connectivity index (χ0) is 15.8. The highest BCUT2D eigenvalue weighted by atomic mass is 35.5. The van der Waals surface area contributed by atoms with Gasteiger partial charge in [-0.1, -0.05) is 17.7 Å². The van der Waals surface area contributed by atoms with Gasteiger partial charge < -0.3 is 14.7 Å². The average Bonchev–Trinajstić information content (AvgIpc) is 3.23. The first-order valence-corrected chi connectivity index (χ1v) is 7.62. The molecule has 23 heavy (non-hydrogen) atoms. The summed E-state index contributed by atoms with van der Waals surface area (Å²) in [5.74, 6) is 1.27. The number of furan rings is 1. The Morgan fingerprint density at radius 1 is 1.17 bits per heavy atom. The summed E-state index contributed by atoms with van der Waals surface area (Å²) in [6, 6.07) is 9.09. The Balaban J connectivity index is 1.57. The zero-order valence-corrected chi connectivity index (χ0v) is 13.2. The number of nitrogens with one attached hydrogen (secondary N) is 3. The lowest BCUT2D eigenvalue weighted by Gasteiger charge is -2.02. The number of aromatic nitrogens is 4. The van der Waals surface area contributed by atoms with Crippen molar-refractivity contribution in [3.8, 4) is 11.5 Å². The Kier molecular flexibility index (Phi) is 3.48. The smallest absolute Gasteiger partial charge is 0.201 e. The second kappa shape index (κ2) is 5.64. The number of H-pyrrole nitrogens is 2. The van der Waals surface area contributed by atoms with Crippen molar-refractivity contribution in [3.63, 3.8) is 0 Å². The Bertz CT molecular complexity index is 971. The van der Waals surface area contributed by atoms with Crippen molar-refractivity contribution in [3.05, 3.63) is 52.3 Å². The molecule has 0 spiro atoms. The van der Waals surface area contributed by atoms with Gasteiger partial charge in [-0.2, -0.15) is 5.10 Å². The maximum atomic E-state index is 6.13. The summed E-state index contributed by atoms with van der Waals surface area (Å²) in [4.78, 5) is 7.62. The molecule has 4 aromatic rings. The van der Waals surface area contributed by atoms with Crippen LogP contribution in [-0.2, 0) is 6.54 Å². The predicted molar refractivity (Wildman–Crippen MR) is 89.7 cm³/mol. The number of benzene rings is 1. The molecule has 0 fully saturated rings. The molecular formula is C15H11Cl2N5O. The molecule has 0 bridgehead atoms. The molecule has 0 aliphatic carbocycles. The van der Waals surface area contributed by atoms with Crippen LogP contribution in [0, 0.1) is 0 Å². The van der Waals surface area contributed by atoms with Gasteiger partial charge in [0.2, 0.25) is 5.95 Å². The fourth-order valence-corrected chi connectivity index (χ4v) is 2.73. The standard InChI is InChI=1S/C15H11Cl2N5O/c16-9-2-1-3-10-14(9)21-15(20-10)18-6-8-7-19-22-13(8)11-4-5-12(17)23-11/h1-5,7H,6H2,(H,19,22)(H2,18,20,21). The van der Waals surface area contributed by atoms with Crippen LogP contribution < -0.4 is 5.32 Å². The van der Waals surface area contributed by atoms with Gasteiger partial charge in [0.15, 0.2) is 11.0 Å². The van der Waals surface area contributed by atoms with E-state index < -0.39 is 0 Å². The molecule has 3 heterocycles. The molecule has 0 amide bonds. The first-order chi connectivity index (χ1) is 11.2. The van der Waals surface area contributed by atoms with E-state index in [-0.39, 0.29) is 0 Å². The maximum Gasteiger partial charge on any atom is 0.201 e. The number of para-hydroxylation sites is 1. The number of hydrogen-bond acceptors (Lipinski definition) is 4. The van der Waals surface area contributed by atoms with Crippen molar-refractivity contribution in [2.45, 2.75) is 6.54 Å². The Labute approximate surface area is 140 Å². The number of imidazole rings is 1. The van der Waals surface area contributed by atoms with Gasteiger partial charge in [0.1, 0.15) is 11.2 Å². The molecule has 6 nitrogen and oxygen atoms in total. The largest absolute Gasteiger partial charge is 0.443 e. The van der Waals surface area contributed by atoms with Gasteiger partial charge >= 0.3 is 0 Å². The zero-order valence-electron chi connectivity index (χ0n) is 11.7. The van der Waals surface area contributed by atoms with E-state index in [1.165, 1.54) is 0 Å². The van der Waals surface area contributed by atoms with E-state index in [0.29, 0.717) is 28.5 Å². The molecule has 1 aromatic carbocycles. The summed E-state index contributed by atoms with van der Waals surface area (Å²) in [6.07, 6.45) is 1.73. The summed E-state index contributed by atoms with van der Waals surface area (Å²) in [5.41, 5.74) is 3.33. The first kappa shape index (κ1) is 14.2. The van der Waals surface area contributed by atoms with E-state index in [1.807, 2.05) is 18.2 Å². The number of anilines is 1. The highest BCUT2D eigenvalue weighted by molar-refractivity contribution is 6.35. The molecule has 8 heteroatoms. The number of hydrogen-bond donors (Lipinski definition) is 3. The van der Waals surface area contributed by atoms with Crippen molar-refractivity contribution in [2.24, 2.45) is 0 Å². The summed E-state index contributed by atoms with van der Waals surface area (Å²) < 4.78 is 5.41. The molecule has 3 N–H and O–H groups in total. The second-order valence-electron chi connectivity index (χ2n) is 4.95. The molecule has 0 saturated carbocycles. The van der Waals surface area contributed by atoms with Gasteiger partial charge in [0.05, 0.1) is 16.7 Å². The number of rotatable bonds is 4. The van der Waals surface area contributed by atoms with E-state index in [0.717, 1.165) is 22.3 Å². The van der Waals surface area contributed by atoms with Gasteiger partial charge in [-0.15, -0.1) is 0 Å². The van der Waals surface area contributed by atoms with Crippen LogP contribution in [0.4, 0.5) is 5.95 Å². The molecule has 0 aliphatic rings. The number of halogens is 2. The van der Waals surface area contributed by atoms with E-state index in [2.05, 4.69) is 25.5 Å². The molecule has 3 aromatic heterocycles. The third-order valence-corrected chi connectivity index (χ3v) is 3.96. The number of nitrogens with zero attached hydrogens (tertiary/aromatic N) is 2. The van der Waals surface area contributed by atoms with Crippen LogP contribution in [0.25, 0.3) is 22.5 Å². The molecule has 0 saturated heterocycles. The highest BCUT2D eigenvalue weighted by Crippen LogP contribution is 2.27. The van der Waals surface area contributed by atoms with Crippen LogP contribution >= 0.6 is 23.2 Å². The second-order valence-corrected chi connectivity index (χ2v) is 5.73. The summed E-state index contributed by atoms with van der Waals surface area (Å²) >= 11 is 11.9. The Hall–Kier alpha value is -2.44. The first-order valence-electron chi connectivity index (χ1n) is 6.87. The minimum atomic E-state index is 0.334. The number of aromatic amines is 2. The van der Waals surface area contributed by atoms with Crippen molar-refractivity contribution in [1.29, 1.82) is 0 Å². The van der Waals surface area contributed by atoms with E-state index in [9.17, 15) is 0 Å². The van der Waals surface area contributed by atoms with Crippen LogP contribution in [0.1, 0.15) is 5.56 Å². The Morgan fingerprint density at radius 2 is 2.09 bits per heavy atom. The van der Waals surface area contributed by atoms with E-state index >= 15 is 0 Å². The van der Waals surface area contributed by atoms with Gasteiger partial charge in [0.25, 0.3) is 0 Å². The lowest BCUT2D eigenvalue weighted by atomic mass is 10.2. The third-order valence-electron chi connectivity index (χ3n) is 3.45. The molecule has 4 rings (SSSR count). The van der Waals surface area contributed by atoms with E-state index in [1.54, 1.807) is 18.3 Å². The Morgan fingerprint density at radius 3 is 2.87 bits per heavy atom. The average molecular weight is 348 g/mol. The summed E-state index contributed by atoms with van der Waals surface area (Å²) in [5, 5.41) is 11.1. The van der Waals surface area contributed by atoms with Gasteiger partial charge in [-0.05, 0) is 35.9 Å². The molecule has 0 aliphatic heterocycles. The highest BCUT2D eigenvalue weighted by Gasteiger charge is 2.12. The third kappa shape index (κ3) is 2.67. The van der Waals surface area contributed by atoms with Gasteiger partial charge in [0, 0.05) is 12.1 Å². The minimum Gasteiger partial charge on any atom is -0.443 e. The number of fused-ring (bicyclic) bond motifs is 1. The van der Waals surface area contributed by atoms with Crippen molar-refractivity contribution >= 4 is 40.2 Å². The molecule has 116 valence electrons. The van der Waals surface area contributed by atoms with Crippen molar-refractivity contribution in [2.75, 3.05) is 5.32 Å². The molecule has 0 unspecified atom stereocenters. The van der Waals surface area contributed by atoms with Gasteiger partial charge in [-0.3, -0.25) is 5.10 Å². The van der Waals surface area contributed by atoms with Crippen LogP contribution in [0.15, 0.2) is 40.9 Å². The minimum absolute atomic E-state index is 0.334. The SMILES string of the molecule is Clc1ccc(-c2[nH]ncc2CNc2nc3c(Cl)cccc3[nH]2)o1. The maximum absolute atomic E-state index is 6.13. The molecule has 0 atom stereocenters. The quantitative estimate of drug-likeness (QED) is 0.508. The van der Waals surface area contributed by atoms with E-state index in [4.69, 9.17) is 27.6 Å². The summed E-state index contributed by atoms with van der Waals surface area (Å²) in [6.45, 7) is 0.515. The summed E-state index contributed by atoms with van der Waals surface area (Å²) in [7, 11) is 0. The van der Waals surface area contributed by atoms with Crippen LogP contribution in [-0.4, -0.2) is 20.2 Å². The van der Waals surface area contributed by atoms with Crippen LogP contribution in [0.5, 0.6) is 0 Å². The monoisotopic (exact) mass is 347 g/mol. The van der Waals surface area contributed by atoms with Crippen molar-refractivity contribution in [1.82, 2.24) is 20.2 Å². The fraction of sp³-hybridized carbons (Fsp3) is 0.0667. The molecular weight excluding hydrogens is 337 g/mol. The van der Waals surface area contributed by atoms with Crippen molar-refractivity contribution < 1.29 is 4.42 Å². The molecule has 0 radical (unpaired) electrons. The van der Waals surface area contributed by atoms with Crippen LogP contribution in [0.3, 0.4) is 0 Å². The topological polar surface area (TPSA) is 82.5 Å². The van der Waals surface area contributed by atoms with Crippen LogP contribution in [0.2, 0.25) is 10.2 Å². The predicted octanol–water partition coefficient (Wildman–Crippen LogP) is 4.46.